The smallest absolute Gasteiger partial charge is 0.0819 e. The molecule has 1 aliphatic carbocycles. The molecule has 0 aromatic carbocycles. The zero-order chi connectivity index (χ0) is 13.2. The van der Waals surface area contributed by atoms with Crippen LogP contribution in [0.25, 0.3) is 0 Å². The first-order valence-corrected chi connectivity index (χ1v) is 6.77. The van der Waals surface area contributed by atoms with Gasteiger partial charge in [-0.05, 0) is 49.7 Å². The molecule has 2 N–H and O–H groups in total. The SMILES string of the molecule is Cc1cnccc1NCC1(O)CCC(C)(C)CC1. The first-order chi connectivity index (χ1) is 8.40. The van der Waals surface area contributed by atoms with Gasteiger partial charge < -0.3 is 10.4 Å². The highest BCUT2D eigenvalue weighted by Gasteiger charge is 2.36. The Hall–Kier alpha value is -1.09. The number of hydrogen-bond acceptors (Lipinski definition) is 3. The van der Waals surface area contributed by atoms with Crippen molar-refractivity contribution in [3.05, 3.63) is 24.0 Å². The average Bonchev–Trinajstić information content (AvgIpc) is 2.33. The monoisotopic (exact) mass is 248 g/mol. The molecular formula is C15H24N2O. The lowest BCUT2D eigenvalue weighted by atomic mass is 9.71. The van der Waals surface area contributed by atoms with Crippen molar-refractivity contribution in [3.63, 3.8) is 0 Å². The molecule has 3 heteroatoms. The Morgan fingerprint density at radius 3 is 2.56 bits per heavy atom. The van der Waals surface area contributed by atoms with Crippen molar-refractivity contribution < 1.29 is 5.11 Å². The van der Waals surface area contributed by atoms with Gasteiger partial charge in [-0.3, -0.25) is 4.98 Å². The number of anilines is 1. The van der Waals surface area contributed by atoms with Gasteiger partial charge in [-0.2, -0.15) is 0 Å². The normalized spacial score (nSPS) is 21.6. The molecule has 1 saturated carbocycles. The van der Waals surface area contributed by atoms with E-state index in [9.17, 15) is 5.11 Å². The fraction of sp³-hybridized carbons (Fsp3) is 0.667. The van der Waals surface area contributed by atoms with E-state index in [1.54, 1.807) is 6.20 Å². The van der Waals surface area contributed by atoms with Crippen LogP contribution in [-0.2, 0) is 0 Å². The lowest BCUT2D eigenvalue weighted by Gasteiger charge is -2.40. The van der Waals surface area contributed by atoms with E-state index in [0.29, 0.717) is 12.0 Å². The van der Waals surface area contributed by atoms with Gasteiger partial charge in [0.25, 0.3) is 0 Å². The van der Waals surface area contributed by atoms with Gasteiger partial charge in [-0.25, -0.2) is 0 Å². The van der Waals surface area contributed by atoms with Gasteiger partial charge >= 0.3 is 0 Å². The maximum atomic E-state index is 10.6. The minimum Gasteiger partial charge on any atom is -0.388 e. The third-order valence-electron chi connectivity index (χ3n) is 4.16. The van der Waals surface area contributed by atoms with E-state index in [1.807, 2.05) is 19.2 Å². The van der Waals surface area contributed by atoms with Crippen LogP contribution in [0.15, 0.2) is 18.5 Å². The predicted molar refractivity (Wildman–Crippen MR) is 74.7 cm³/mol. The number of aliphatic hydroxyl groups is 1. The Morgan fingerprint density at radius 2 is 1.94 bits per heavy atom. The number of nitrogens with one attached hydrogen (secondary N) is 1. The molecule has 0 unspecified atom stereocenters. The van der Waals surface area contributed by atoms with E-state index < -0.39 is 5.60 Å². The topological polar surface area (TPSA) is 45.2 Å². The van der Waals surface area contributed by atoms with Crippen LogP contribution in [0.3, 0.4) is 0 Å². The summed E-state index contributed by atoms with van der Waals surface area (Å²) in [6, 6.07) is 1.96. The predicted octanol–water partition coefficient (Wildman–Crippen LogP) is 3.13. The van der Waals surface area contributed by atoms with Gasteiger partial charge in [0.1, 0.15) is 0 Å². The Kier molecular flexibility index (Phi) is 3.62. The van der Waals surface area contributed by atoms with Gasteiger partial charge in [-0.15, -0.1) is 0 Å². The second-order valence-electron chi connectivity index (χ2n) is 6.43. The molecular weight excluding hydrogens is 224 g/mol. The van der Waals surface area contributed by atoms with Gasteiger partial charge in [0.2, 0.25) is 0 Å². The quantitative estimate of drug-likeness (QED) is 0.863. The lowest BCUT2D eigenvalue weighted by molar-refractivity contribution is -0.0145. The summed E-state index contributed by atoms with van der Waals surface area (Å²) in [6.07, 6.45) is 7.59. The third-order valence-corrected chi connectivity index (χ3v) is 4.16. The van der Waals surface area contributed by atoms with E-state index in [2.05, 4.69) is 24.1 Å². The number of nitrogens with zero attached hydrogens (tertiary/aromatic N) is 1. The van der Waals surface area contributed by atoms with Gasteiger partial charge in [0.05, 0.1) is 5.60 Å². The van der Waals surface area contributed by atoms with Gasteiger partial charge in [0.15, 0.2) is 0 Å². The zero-order valence-electron chi connectivity index (χ0n) is 11.7. The Balaban J connectivity index is 1.93. The van der Waals surface area contributed by atoms with Crippen molar-refractivity contribution in [2.45, 2.75) is 52.1 Å². The number of hydrogen-bond donors (Lipinski definition) is 2. The minimum absolute atomic E-state index is 0.388. The second-order valence-corrected chi connectivity index (χ2v) is 6.43. The maximum absolute atomic E-state index is 10.6. The summed E-state index contributed by atoms with van der Waals surface area (Å²) in [5.74, 6) is 0. The van der Waals surface area contributed by atoms with Gasteiger partial charge in [-0.1, -0.05) is 13.8 Å². The van der Waals surface area contributed by atoms with E-state index in [-0.39, 0.29) is 0 Å². The number of aromatic nitrogens is 1. The molecule has 100 valence electrons. The molecule has 1 aromatic rings. The molecule has 0 aliphatic heterocycles. The van der Waals surface area contributed by atoms with Crippen LogP contribution in [0.2, 0.25) is 0 Å². The summed E-state index contributed by atoms with van der Waals surface area (Å²) in [5, 5.41) is 13.9. The summed E-state index contributed by atoms with van der Waals surface area (Å²) < 4.78 is 0. The molecule has 18 heavy (non-hydrogen) atoms. The van der Waals surface area contributed by atoms with E-state index >= 15 is 0 Å². The molecule has 2 rings (SSSR count). The van der Waals surface area contributed by atoms with Crippen molar-refractivity contribution in [2.75, 3.05) is 11.9 Å². The Bertz CT molecular complexity index is 405. The Morgan fingerprint density at radius 1 is 1.28 bits per heavy atom. The second kappa shape index (κ2) is 4.88. The van der Waals surface area contributed by atoms with Crippen molar-refractivity contribution in [1.82, 2.24) is 4.98 Å². The zero-order valence-corrected chi connectivity index (χ0v) is 11.7. The van der Waals surface area contributed by atoms with Crippen molar-refractivity contribution in [3.8, 4) is 0 Å². The Labute approximate surface area is 110 Å². The van der Waals surface area contributed by atoms with Crippen molar-refractivity contribution >= 4 is 5.69 Å². The van der Waals surface area contributed by atoms with Crippen LogP contribution < -0.4 is 5.32 Å². The molecule has 0 spiro atoms. The summed E-state index contributed by atoms with van der Waals surface area (Å²) in [5.41, 5.74) is 2.03. The van der Waals surface area contributed by atoms with Crippen LogP contribution in [0.5, 0.6) is 0 Å². The summed E-state index contributed by atoms with van der Waals surface area (Å²) in [4.78, 5) is 4.07. The highest BCUT2D eigenvalue weighted by atomic mass is 16.3. The number of rotatable bonds is 3. The molecule has 1 fully saturated rings. The molecule has 0 radical (unpaired) electrons. The fourth-order valence-corrected chi connectivity index (χ4v) is 2.50. The first kappa shape index (κ1) is 13.3. The van der Waals surface area contributed by atoms with Crippen LogP contribution in [0.1, 0.15) is 45.1 Å². The standard InChI is InChI=1S/C15H24N2O/c1-12-10-16-9-4-13(12)17-11-15(18)7-5-14(2,3)6-8-15/h4,9-10,18H,5-8,11H2,1-3H3,(H,16,17). The molecule has 1 aromatic heterocycles. The van der Waals surface area contributed by atoms with E-state index in [4.69, 9.17) is 0 Å². The molecule has 0 saturated heterocycles. The average molecular weight is 248 g/mol. The third kappa shape index (κ3) is 3.22. The highest BCUT2D eigenvalue weighted by molar-refractivity contribution is 5.48. The molecule has 3 nitrogen and oxygen atoms in total. The first-order valence-electron chi connectivity index (χ1n) is 6.77. The molecule has 1 heterocycles. The number of aryl methyl sites for hydroxylation is 1. The van der Waals surface area contributed by atoms with Crippen LogP contribution in [0, 0.1) is 12.3 Å². The van der Waals surface area contributed by atoms with E-state index in [1.165, 1.54) is 0 Å². The van der Waals surface area contributed by atoms with Crippen LogP contribution in [-0.4, -0.2) is 22.2 Å². The number of pyridine rings is 1. The van der Waals surface area contributed by atoms with Crippen LogP contribution in [0.4, 0.5) is 5.69 Å². The molecule has 0 amide bonds. The fourth-order valence-electron chi connectivity index (χ4n) is 2.50. The van der Waals surface area contributed by atoms with Gasteiger partial charge in [0, 0.05) is 24.6 Å². The van der Waals surface area contributed by atoms with Crippen LogP contribution >= 0.6 is 0 Å². The maximum Gasteiger partial charge on any atom is 0.0819 e. The molecule has 1 aliphatic rings. The minimum atomic E-state index is -0.550. The summed E-state index contributed by atoms with van der Waals surface area (Å²) in [6.45, 7) is 7.23. The molecule has 0 atom stereocenters. The summed E-state index contributed by atoms with van der Waals surface area (Å²) >= 11 is 0. The molecule has 0 bridgehead atoms. The largest absolute Gasteiger partial charge is 0.388 e. The van der Waals surface area contributed by atoms with Crippen molar-refractivity contribution in [2.24, 2.45) is 5.41 Å². The van der Waals surface area contributed by atoms with E-state index in [0.717, 1.165) is 36.9 Å². The summed E-state index contributed by atoms with van der Waals surface area (Å²) in [7, 11) is 0. The lowest BCUT2D eigenvalue weighted by Crippen LogP contribution is -2.42. The highest BCUT2D eigenvalue weighted by Crippen LogP contribution is 2.40. The van der Waals surface area contributed by atoms with Crippen molar-refractivity contribution in [1.29, 1.82) is 0 Å².